The fraction of sp³-hybridized carbons (Fsp3) is 0.278. The van der Waals surface area contributed by atoms with Gasteiger partial charge in [0.15, 0.2) is 6.23 Å². The van der Waals surface area contributed by atoms with Gasteiger partial charge in [-0.05, 0) is 38.1 Å². The SMILES string of the molecule is CCN(c1cccc(OC)c1)C(C)OC(=O)Oc1ccccc1. The maximum atomic E-state index is 11.9. The lowest BCUT2D eigenvalue weighted by atomic mass is 10.2. The first-order chi connectivity index (χ1) is 11.1. The molecule has 0 heterocycles. The largest absolute Gasteiger partial charge is 0.515 e. The smallest absolute Gasteiger partial charge is 0.497 e. The third kappa shape index (κ3) is 4.64. The summed E-state index contributed by atoms with van der Waals surface area (Å²) in [5.41, 5.74) is 0.909. The summed E-state index contributed by atoms with van der Waals surface area (Å²) in [6, 6.07) is 16.4. The van der Waals surface area contributed by atoms with Crippen molar-refractivity contribution >= 4 is 11.8 Å². The Hall–Kier alpha value is -2.69. The zero-order valence-electron chi connectivity index (χ0n) is 13.6. The highest BCUT2D eigenvalue weighted by molar-refractivity contribution is 5.64. The number of para-hydroxylation sites is 1. The molecule has 0 aliphatic carbocycles. The van der Waals surface area contributed by atoms with E-state index >= 15 is 0 Å². The lowest BCUT2D eigenvalue weighted by Crippen LogP contribution is -2.37. The molecule has 0 amide bonds. The summed E-state index contributed by atoms with van der Waals surface area (Å²) < 4.78 is 15.7. The van der Waals surface area contributed by atoms with Crippen molar-refractivity contribution in [3.8, 4) is 11.5 Å². The van der Waals surface area contributed by atoms with Crippen LogP contribution in [0.25, 0.3) is 0 Å². The Morgan fingerprint density at radius 3 is 2.43 bits per heavy atom. The maximum Gasteiger partial charge on any atom is 0.515 e. The lowest BCUT2D eigenvalue weighted by Gasteiger charge is -2.29. The first-order valence-electron chi connectivity index (χ1n) is 7.48. The third-order valence-corrected chi connectivity index (χ3v) is 3.38. The minimum atomic E-state index is -0.731. The standard InChI is InChI=1S/C18H21NO4/c1-4-19(15-9-8-12-17(13-15)21-3)14(2)22-18(20)23-16-10-6-5-7-11-16/h5-14H,4H2,1-3H3. The monoisotopic (exact) mass is 315 g/mol. The predicted octanol–water partition coefficient (Wildman–Crippen LogP) is 4.08. The van der Waals surface area contributed by atoms with Crippen LogP contribution < -0.4 is 14.4 Å². The van der Waals surface area contributed by atoms with Crippen molar-refractivity contribution in [2.24, 2.45) is 0 Å². The second kappa shape index (κ2) is 8.08. The number of carbonyl (C=O) groups excluding carboxylic acids is 1. The summed E-state index contributed by atoms with van der Waals surface area (Å²) in [4.78, 5) is 13.8. The molecule has 0 spiro atoms. The summed E-state index contributed by atoms with van der Waals surface area (Å²) >= 11 is 0. The zero-order valence-corrected chi connectivity index (χ0v) is 13.6. The Bertz CT molecular complexity index is 630. The molecule has 5 heteroatoms. The average molecular weight is 315 g/mol. The van der Waals surface area contributed by atoms with Gasteiger partial charge in [-0.25, -0.2) is 4.79 Å². The third-order valence-electron chi connectivity index (χ3n) is 3.38. The molecule has 2 rings (SSSR count). The number of nitrogens with zero attached hydrogens (tertiary/aromatic N) is 1. The van der Waals surface area contributed by atoms with E-state index in [0.29, 0.717) is 12.3 Å². The van der Waals surface area contributed by atoms with Crippen LogP contribution in [0.2, 0.25) is 0 Å². The van der Waals surface area contributed by atoms with E-state index < -0.39 is 12.4 Å². The van der Waals surface area contributed by atoms with Gasteiger partial charge in [0.2, 0.25) is 0 Å². The van der Waals surface area contributed by atoms with Gasteiger partial charge in [0.25, 0.3) is 0 Å². The number of hydrogen-bond acceptors (Lipinski definition) is 5. The topological polar surface area (TPSA) is 48.0 Å². The molecule has 0 N–H and O–H groups in total. The number of ether oxygens (including phenoxy) is 3. The van der Waals surface area contributed by atoms with E-state index in [0.717, 1.165) is 11.4 Å². The summed E-state index contributed by atoms with van der Waals surface area (Å²) in [6.45, 7) is 4.46. The molecule has 0 aliphatic heterocycles. The van der Waals surface area contributed by atoms with E-state index in [1.54, 1.807) is 38.3 Å². The number of carbonyl (C=O) groups is 1. The molecule has 122 valence electrons. The van der Waals surface area contributed by atoms with E-state index in [9.17, 15) is 4.79 Å². The molecule has 0 aromatic heterocycles. The van der Waals surface area contributed by atoms with Crippen LogP contribution in [0.3, 0.4) is 0 Å². The summed E-state index contributed by atoms with van der Waals surface area (Å²) in [5, 5.41) is 0. The second-order valence-electron chi connectivity index (χ2n) is 4.87. The normalized spacial score (nSPS) is 11.4. The van der Waals surface area contributed by atoms with E-state index in [1.807, 2.05) is 42.2 Å². The van der Waals surface area contributed by atoms with Gasteiger partial charge in [-0.3, -0.25) is 0 Å². The van der Waals surface area contributed by atoms with Gasteiger partial charge in [0.05, 0.1) is 7.11 Å². The van der Waals surface area contributed by atoms with Crippen molar-refractivity contribution in [1.29, 1.82) is 0 Å². The van der Waals surface area contributed by atoms with Crippen LogP contribution >= 0.6 is 0 Å². The van der Waals surface area contributed by atoms with Crippen molar-refractivity contribution in [2.75, 3.05) is 18.6 Å². The van der Waals surface area contributed by atoms with Gasteiger partial charge >= 0.3 is 6.16 Å². The predicted molar refractivity (Wildman–Crippen MR) is 89.0 cm³/mol. The van der Waals surface area contributed by atoms with Gasteiger partial charge in [0.1, 0.15) is 11.5 Å². The van der Waals surface area contributed by atoms with Crippen LogP contribution in [0, 0.1) is 0 Å². The molecular formula is C18H21NO4. The minimum Gasteiger partial charge on any atom is -0.497 e. The van der Waals surface area contributed by atoms with E-state index in [1.165, 1.54) is 0 Å². The van der Waals surface area contributed by atoms with E-state index in [-0.39, 0.29) is 0 Å². The van der Waals surface area contributed by atoms with Crippen molar-refractivity contribution < 1.29 is 19.0 Å². The molecule has 0 saturated carbocycles. The highest BCUT2D eigenvalue weighted by Gasteiger charge is 2.19. The molecule has 1 atom stereocenters. The fourth-order valence-corrected chi connectivity index (χ4v) is 2.25. The first-order valence-corrected chi connectivity index (χ1v) is 7.48. The molecule has 5 nitrogen and oxygen atoms in total. The number of hydrogen-bond donors (Lipinski definition) is 0. The Balaban J connectivity index is 2.01. The minimum absolute atomic E-state index is 0.453. The molecule has 0 radical (unpaired) electrons. The number of anilines is 1. The zero-order chi connectivity index (χ0) is 16.7. The van der Waals surface area contributed by atoms with Crippen LogP contribution in [0.1, 0.15) is 13.8 Å². The molecule has 1 unspecified atom stereocenters. The maximum absolute atomic E-state index is 11.9. The Morgan fingerprint density at radius 2 is 1.78 bits per heavy atom. The summed E-state index contributed by atoms with van der Waals surface area (Å²) in [7, 11) is 1.62. The average Bonchev–Trinajstić information content (AvgIpc) is 2.56. The van der Waals surface area contributed by atoms with Crippen molar-refractivity contribution in [1.82, 2.24) is 0 Å². The Morgan fingerprint density at radius 1 is 1.09 bits per heavy atom. The first kappa shape index (κ1) is 16.7. The summed E-state index contributed by atoms with van der Waals surface area (Å²) in [6.07, 6.45) is -1.20. The van der Waals surface area contributed by atoms with Crippen LogP contribution in [0.15, 0.2) is 54.6 Å². The Labute approximate surface area is 136 Å². The Kier molecular flexibility index (Phi) is 5.86. The number of benzene rings is 2. The molecule has 2 aromatic rings. The molecule has 0 aliphatic rings. The van der Waals surface area contributed by atoms with Crippen LogP contribution in [-0.4, -0.2) is 26.0 Å². The van der Waals surface area contributed by atoms with Crippen molar-refractivity contribution in [3.63, 3.8) is 0 Å². The van der Waals surface area contributed by atoms with Gasteiger partial charge in [-0.1, -0.05) is 24.3 Å². The van der Waals surface area contributed by atoms with Crippen LogP contribution in [-0.2, 0) is 4.74 Å². The number of rotatable bonds is 6. The van der Waals surface area contributed by atoms with Gasteiger partial charge < -0.3 is 19.1 Å². The molecule has 0 saturated heterocycles. The van der Waals surface area contributed by atoms with Crippen LogP contribution in [0.4, 0.5) is 10.5 Å². The van der Waals surface area contributed by atoms with Crippen molar-refractivity contribution in [2.45, 2.75) is 20.1 Å². The quantitative estimate of drug-likeness (QED) is 0.456. The fourth-order valence-electron chi connectivity index (χ4n) is 2.25. The molecule has 0 bridgehead atoms. The van der Waals surface area contributed by atoms with E-state index in [4.69, 9.17) is 14.2 Å². The molecule has 23 heavy (non-hydrogen) atoms. The van der Waals surface area contributed by atoms with Crippen LogP contribution in [0.5, 0.6) is 11.5 Å². The van der Waals surface area contributed by atoms with Crippen molar-refractivity contribution in [3.05, 3.63) is 54.6 Å². The lowest BCUT2D eigenvalue weighted by molar-refractivity contribution is 0.0645. The molecular weight excluding hydrogens is 294 g/mol. The second-order valence-corrected chi connectivity index (χ2v) is 4.87. The molecule has 2 aromatic carbocycles. The summed E-state index contributed by atoms with van der Waals surface area (Å²) in [5.74, 6) is 1.20. The number of methoxy groups -OCH3 is 1. The van der Waals surface area contributed by atoms with Gasteiger partial charge in [-0.2, -0.15) is 0 Å². The highest BCUT2D eigenvalue weighted by Crippen LogP contribution is 2.23. The van der Waals surface area contributed by atoms with Gasteiger partial charge in [0, 0.05) is 18.3 Å². The van der Waals surface area contributed by atoms with Gasteiger partial charge in [-0.15, -0.1) is 0 Å². The highest BCUT2D eigenvalue weighted by atomic mass is 16.7. The molecule has 0 fully saturated rings. The van der Waals surface area contributed by atoms with E-state index in [2.05, 4.69) is 0 Å².